The van der Waals surface area contributed by atoms with Gasteiger partial charge in [0.2, 0.25) is 0 Å². The van der Waals surface area contributed by atoms with Gasteiger partial charge in [0.25, 0.3) is 15.9 Å². The molecule has 3 rings (SSSR count). The number of sulfonamides is 1. The Bertz CT molecular complexity index is 1070. The molecule has 0 aromatic heterocycles. The lowest BCUT2D eigenvalue weighted by Crippen LogP contribution is -2.44. The Kier molecular flexibility index (Phi) is 5.95. The normalized spacial score (nSPS) is 16.4. The number of thioether (sulfide) groups is 1. The van der Waals surface area contributed by atoms with Crippen LogP contribution in [0.25, 0.3) is 6.08 Å². The number of amides is 1. The number of thiocarbonyl (C=S) groups is 1. The first-order valence-electron chi connectivity index (χ1n) is 7.49. The number of rotatable bonds is 4. The molecule has 0 bridgehead atoms. The van der Waals surface area contributed by atoms with Crippen molar-refractivity contribution in [3.8, 4) is 0 Å². The molecule has 5 nitrogen and oxygen atoms in total. The lowest BCUT2D eigenvalue weighted by Gasteiger charge is -2.16. The molecule has 1 N–H and O–H groups in total. The molecule has 0 aliphatic carbocycles. The maximum Gasteiger partial charge on any atom is 0.281 e. The molecule has 2 aromatic rings. The summed E-state index contributed by atoms with van der Waals surface area (Å²) in [6.07, 6.45) is 1.54. The molecule has 1 amide bonds. The number of nitrogens with zero attached hydrogens (tertiary/aromatic N) is 1. The summed E-state index contributed by atoms with van der Waals surface area (Å²) in [5.41, 5.74) is 1.49. The Balaban J connectivity index is 1.86. The van der Waals surface area contributed by atoms with Crippen molar-refractivity contribution in [3.05, 3.63) is 68.5 Å². The van der Waals surface area contributed by atoms with Crippen LogP contribution in [0.5, 0.6) is 0 Å². The quantitative estimate of drug-likeness (QED) is 0.543. The molecule has 1 heterocycles. The van der Waals surface area contributed by atoms with Gasteiger partial charge in [0.1, 0.15) is 0 Å². The zero-order chi connectivity index (χ0) is 19.8. The summed E-state index contributed by atoms with van der Waals surface area (Å²) in [7, 11) is -3.95. The summed E-state index contributed by atoms with van der Waals surface area (Å²) in [5.74, 6) is -0.577. The Morgan fingerprint density at radius 2 is 1.81 bits per heavy atom. The lowest BCUT2D eigenvalue weighted by atomic mass is 10.2. The number of carbonyl (C=O) groups is 1. The Hall–Kier alpha value is -1.42. The van der Waals surface area contributed by atoms with E-state index in [4.69, 9.17) is 35.4 Å². The van der Waals surface area contributed by atoms with E-state index in [0.717, 1.165) is 22.3 Å². The van der Waals surface area contributed by atoms with E-state index in [1.54, 1.807) is 30.3 Å². The summed E-state index contributed by atoms with van der Waals surface area (Å²) in [6, 6.07) is 11.1. The van der Waals surface area contributed by atoms with Crippen molar-refractivity contribution in [1.29, 1.82) is 0 Å². The van der Waals surface area contributed by atoms with Gasteiger partial charge in [-0.15, -0.1) is 4.83 Å². The SMILES string of the molecule is Cc1ccc(S(=O)(=O)NN2C(=O)/C(=C/c3ccc(Cl)cc3Cl)SC2=S)cc1. The van der Waals surface area contributed by atoms with E-state index in [-0.39, 0.29) is 14.1 Å². The number of benzene rings is 2. The van der Waals surface area contributed by atoms with Crippen molar-refractivity contribution in [2.45, 2.75) is 11.8 Å². The Morgan fingerprint density at radius 3 is 2.44 bits per heavy atom. The van der Waals surface area contributed by atoms with Gasteiger partial charge in [-0.25, -0.2) is 13.4 Å². The molecule has 0 spiro atoms. The fourth-order valence-corrected chi connectivity index (χ4v) is 4.96. The third kappa shape index (κ3) is 4.53. The minimum Gasteiger partial charge on any atom is -0.267 e. The minimum absolute atomic E-state index is 0.0341. The first-order chi connectivity index (χ1) is 12.7. The van der Waals surface area contributed by atoms with Crippen LogP contribution in [0.2, 0.25) is 10.0 Å². The number of hydrogen-bond acceptors (Lipinski definition) is 5. The average Bonchev–Trinajstić information content (AvgIpc) is 2.85. The second-order valence-electron chi connectivity index (χ2n) is 5.59. The van der Waals surface area contributed by atoms with Crippen LogP contribution in [0, 0.1) is 6.92 Å². The predicted octanol–water partition coefficient (Wildman–Crippen LogP) is 4.40. The van der Waals surface area contributed by atoms with Crippen molar-refractivity contribution in [2.75, 3.05) is 0 Å². The fraction of sp³-hybridized carbons (Fsp3) is 0.0588. The van der Waals surface area contributed by atoms with E-state index >= 15 is 0 Å². The standard InChI is InChI=1S/C17H12Cl2N2O3S3/c1-10-2-6-13(7-3-10)27(23,24)20-21-16(22)15(26-17(21)25)8-11-4-5-12(18)9-14(11)19/h2-9,20H,1H3/b15-8-. The molecule has 1 aliphatic rings. The average molecular weight is 459 g/mol. The van der Waals surface area contributed by atoms with Gasteiger partial charge in [0.05, 0.1) is 9.80 Å². The highest BCUT2D eigenvalue weighted by molar-refractivity contribution is 8.26. The zero-order valence-corrected chi connectivity index (χ0v) is 17.7. The third-order valence-corrected chi connectivity index (χ3v) is 6.77. The molecule has 0 radical (unpaired) electrons. The Morgan fingerprint density at radius 1 is 1.15 bits per heavy atom. The second kappa shape index (κ2) is 7.90. The molecule has 27 heavy (non-hydrogen) atoms. The van der Waals surface area contributed by atoms with Crippen molar-refractivity contribution in [1.82, 2.24) is 9.84 Å². The summed E-state index contributed by atoms with van der Waals surface area (Å²) >= 11 is 18.1. The van der Waals surface area contributed by atoms with Crippen LogP contribution < -0.4 is 4.83 Å². The molecule has 1 aliphatic heterocycles. The van der Waals surface area contributed by atoms with Crippen LogP contribution in [0.3, 0.4) is 0 Å². The maximum atomic E-state index is 12.6. The van der Waals surface area contributed by atoms with E-state index in [1.807, 2.05) is 6.92 Å². The second-order valence-corrected chi connectivity index (χ2v) is 9.77. The van der Waals surface area contributed by atoms with Gasteiger partial charge in [-0.1, -0.05) is 70.9 Å². The van der Waals surface area contributed by atoms with E-state index in [9.17, 15) is 13.2 Å². The van der Waals surface area contributed by atoms with Gasteiger partial charge in [0.15, 0.2) is 4.32 Å². The fourth-order valence-electron chi connectivity index (χ4n) is 2.20. The monoisotopic (exact) mass is 458 g/mol. The van der Waals surface area contributed by atoms with Crippen LogP contribution in [-0.4, -0.2) is 23.7 Å². The first-order valence-corrected chi connectivity index (χ1v) is 11.0. The van der Waals surface area contributed by atoms with Crippen molar-refractivity contribution < 1.29 is 13.2 Å². The number of halogens is 2. The molecule has 0 unspecified atom stereocenters. The van der Waals surface area contributed by atoms with Gasteiger partial charge < -0.3 is 0 Å². The van der Waals surface area contributed by atoms with Crippen molar-refractivity contribution in [3.63, 3.8) is 0 Å². The number of aryl methyl sites for hydroxylation is 1. The molecule has 1 fully saturated rings. The first kappa shape index (κ1) is 20.3. The Labute approximate surface area is 176 Å². The van der Waals surface area contributed by atoms with Gasteiger partial charge >= 0.3 is 0 Å². The van der Waals surface area contributed by atoms with Crippen LogP contribution in [0.1, 0.15) is 11.1 Å². The molecule has 140 valence electrons. The van der Waals surface area contributed by atoms with Gasteiger partial charge in [-0.2, -0.15) is 0 Å². The molecular weight excluding hydrogens is 447 g/mol. The van der Waals surface area contributed by atoms with Crippen LogP contribution in [0.15, 0.2) is 52.3 Å². The number of hydrogen-bond donors (Lipinski definition) is 1. The highest BCUT2D eigenvalue weighted by atomic mass is 35.5. The molecule has 1 saturated heterocycles. The zero-order valence-electron chi connectivity index (χ0n) is 13.8. The van der Waals surface area contributed by atoms with E-state index in [0.29, 0.717) is 15.6 Å². The smallest absolute Gasteiger partial charge is 0.267 e. The largest absolute Gasteiger partial charge is 0.281 e. The predicted molar refractivity (Wildman–Crippen MR) is 113 cm³/mol. The summed E-state index contributed by atoms with van der Waals surface area (Å²) in [5, 5.41) is 1.67. The highest BCUT2D eigenvalue weighted by Gasteiger charge is 2.35. The number of carbonyl (C=O) groups excluding carboxylic acids is 1. The molecular formula is C17H12Cl2N2O3S3. The minimum atomic E-state index is -3.95. The van der Waals surface area contributed by atoms with Crippen LogP contribution >= 0.6 is 47.2 Å². The molecule has 10 heteroatoms. The van der Waals surface area contributed by atoms with Gasteiger partial charge in [-0.05, 0) is 42.8 Å². The topological polar surface area (TPSA) is 66.5 Å². The van der Waals surface area contributed by atoms with Crippen LogP contribution in [0.4, 0.5) is 0 Å². The summed E-state index contributed by atoms with van der Waals surface area (Å²) < 4.78 is 25.1. The van der Waals surface area contributed by atoms with Crippen molar-refractivity contribution in [2.24, 2.45) is 0 Å². The number of nitrogens with one attached hydrogen (secondary N) is 1. The van der Waals surface area contributed by atoms with Crippen LogP contribution in [-0.2, 0) is 14.8 Å². The third-order valence-electron chi connectivity index (χ3n) is 3.59. The van der Waals surface area contributed by atoms with Crippen molar-refractivity contribution >= 4 is 73.5 Å². The molecule has 0 saturated carbocycles. The van der Waals surface area contributed by atoms with Gasteiger partial charge in [-0.3, -0.25) is 4.79 Å². The van der Waals surface area contributed by atoms with E-state index < -0.39 is 15.9 Å². The summed E-state index contributed by atoms with van der Waals surface area (Å²) in [6.45, 7) is 1.85. The lowest BCUT2D eigenvalue weighted by molar-refractivity contribution is -0.123. The highest BCUT2D eigenvalue weighted by Crippen LogP contribution is 2.33. The van der Waals surface area contributed by atoms with E-state index in [1.165, 1.54) is 18.2 Å². The maximum absolute atomic E-state index is 12.6. The van der Waals surface area contributed by atoms with Gasteiger partial charge in [0, 0.05) is 10.0 Å². The van der Waals surface area contributed by atoms with E-state index in [2.05, 4.69) is 4.83 Å². The molecule has 0 atom stereocenters. The molecule has 2 aromatic carbocycles. The number of hydrazine groups is 1. The summed E-state index contributed by atoms with van der Waals surface area (Å²) in [4.78, 5) is 15.1.